The lowest BCUT2D eigenvalue weighted by molar-refractivity contribution is 0.743. The minimum absolute atomic E-state index is 0.519. The van der Waals surface area contributed by atoms with Gasteiger partial charge in [-0.05, 0) is 37.5 Å². The van der Waals surface area contributed by atoms with E-state index in [2.05, 4.69) is 20.6 Å². The van der Waals surface area contributed by atoms with E-state index >= 15 is 0 Å². The molecule has 1 aliphatic rings. The van der Waals surface area contributed by atoms with Crippen LogP contribution in [0.1, 0.15) is 36.9 Å². The molecule has 1 heterocycles. The Hall–Kier alpha value is -1.81. The molecule has 0 aliphatic heterocycles. The molecule has 0 saturated heterocycles. The molecule has 0 bridgehead atoms. The van der Waals surface area contributed by atoms with Gasteiger partial charge in [0.05, 0.1) is 0 Å². The molecule has 4 nitrogen and oxygen atoms in total. The molecule has 1 saturated carbocycles. The predicted molar refractivity (Wildman–Crippen MR) is 91.4 cm³/mol. The number of rotatable bonds is 5. The maximum absolute atomic E-state index is 5.90. The van der Waals surface area contributed by atoms with Crippen LogP contribution in [0.5, 0.6) is 0 Å². The van der Waals surface area contributed by atoms with Crippen LogP contribution in [0.15, 0.2) is 30.3 Å². The maximum atomic E-state index is 5.90. The molecule has 2 N–H and O–H groups in total. The van der Waals surface area contributed by atoms with E-state index in [1.54, 1.807) is 0 Å². The third-order valence-corrected chi connectivity index (χ3v) is 4.18. The van der Waals surface area contributed by atoms with Crippen LogP contribution < -0.4 is 10.6 Å². The Labute approximate surface area is 136 Å². The summed E-state index contributed by atoms with van der Waals surface area (Å²) >= 11 is 5.90. The average molecular weight is 317 g/mol. The van der Waals surface area contributed by atoms with Gasteiger partial charge in [0.2, 0.25) is 5.95 Å². The van der Waals surface area contributed by atoms with Gasteiger partial charge < -0.3 is 10.6 Å². The zero-order chi connectivity index (χ0) is 15.4. The highest BCUT2D eigenvalue weighted by Gasteiger charge is 2.15. The zero-order valence-electron chi connectivity index (χ0n) is 12.8. The Morgan fingerprint density at radius 2 is 1.86 bits per heavy atom. The summed E-state index contributed by atoms with van der Waals surface area (Å²) in [4.78, 5) is 9.05. The van der Waals surface area contributed by atoms with Gasteiger partial charge in [-0.3, -0.25) is 0 Å². The summed E-state index contributed by atoms with van der Waals surface area (Å²) in [5, 5.41) is 7.55. The van der Waals surface area contributed by atoms with E-state index in [-0.39, 0.29) is 0 Å². The molecule has 1 fully saturated rings. The Bertz CT molecular complexity index is 621. The molecule has 0 radical (unpaired) electrons. The van der Waals surface area contributed by atoms with Crippen LogP contribution in [0.3, 0.4) is 0 Å². The van der Waals surface area contributed by atoms with Gasteiger partial charge in [0.15, 0.2) is 0 Å². The van der Waals surface area contributed by atoms with Gasteiger partial charge >= 0.3 is 0 Å². The average Bonchev–Trinajstić information content (AvgIpc) is 2.99. The quantitative estimate of drug-likeness (QED) is 0.858. The first-order valence-corrected chi connectivity index (χ1v) is 8.17. The molecule has 0 spiro atoms. The van der Waals surface area contributed by atoms with Crippen molar-refractivity contribution in [3.05, 3.63) is 46.6 Å². The van der Waals surface area contributed by atoms with E-state index in [0.717, 1.165) is 29.0 Å². The number of hydrogen-bond donors (Lipinski definition) is 2. The molecule has 1 aromatic heterocycles. The number of hydrogen-bond acceptors (Lipinski definition) is 4. The second-order valence-corrected chi connectivity index (χ2v) is 6.26. The van der Waals surface area contributed by atoms with E-state index in [0.29, 0.717) is 6.04 Å². The van der Waals surface area contributed by atoms with Gasteiger partial charge in [0.25, 0.3) is 0 Å². The molecular weight excluding hydrogens is 296 g/mol. The van der Waals surface area contributed by atoms with E-state index in [1.807, 2.05) is 37.3 Å². The summed E-state index contributed by atoms with van der Waals surface area (Å²) in [6, 6.07) is 10.3. The third kappa shape index (κ3) is 4.10. The van der Waals surface area contributed by atoms with Crippen LogP contribution in [0.4, 0.5) is 11.8 Å². The van der Waals surface area contributed by atoms with Crippen LogP contribution in [0.2, 0.25) is 5.02 Å². The molecule has 3 rings (SSSR count). The fourth-order valence-electron chi connectivity index (χ4n) is 2.77. The number of nitrogens with zero attached hydrogens (tertiary/aromatic N) is 2. The summed E-state index contributed by atoms with van der Waals surface area (Å²) in [5.74, 6) is 1.58. The maximum Gasteiger partial charge on any atom is 0.225 e. The Morgan fingerprint density at radius 1 is 1.14 bits per heavy atom. The first kappa shape index (κ1) is 15.1. The first-order valence-electron chi connectivity index (χ1n) is 7.79. The molecule has 2 aromatic rings. The predicted octanol–water partition coefficient (Wildman–Crippen LogP) is 4.41. The van der Waals surface area contributed by atoms with Crippen molar-refractivity contribution in [3.8, 4) is 0 Å². The highest BCUT2D eigenvalue weighted by molar-refractivity contribution is 6.30. The monoisotopic (exact) mass is 316 g/mol. The van der Waals surface area contributed by atoms with Crippen LogP contribution in [0.25, 0.3) is 0 Å². The van der Waals surface area contributed by atoms with Gasteiger partial charge in [0, 0.05) is 29.4 Å². The lowest BCUT2D eigenvalue weighted by atomic mass is 10.2. The van der Waals surface area contributed by atoms with Gasteiger partial charge in [-0.15, -0.1) is 0 Å². The van der Waals surface area contributed by atoms with Gasteiger partial charge in [-0.1, -0.05) is 36.6 Å². The molecule has 1 aromatic carbocycles. The van der Waals surface area contributed by atoms with Crippen molar-refractivity contribution in [1.82, 2.24) is 9.97 Å². The Kier molecular flexibility index (Phi) is 4.78. The largest absolute Gasteiger partial charge is 0.366 e. The van der Waals surface area contributed by atoms with Crippen LogP contribution in [-0.4, -0.2) is 16.0 Å². The number of anilines is 2. The standard InChI is InChI=1S/C17H21ClN4/c1-12-10-16(19-11-13-6-8-14(18)9-7-13)22-17(20-12)21-15-4-2-3-5-15/h6-10,15H,2-5,11H2,1H3,(H2,19,20,21,22). The van der Waals surface area contributed by atoms with Gasteiger partial charge in [-0.25, -0.2) is 4.98 Å². The van der Waals surface area contributed by atoms with Gasteiger partial charge in [-0.2, -0.15) is 4.98 Å². The summed E-state index contributed by atoms with van der Waals surface area (Å²) < 4.78 is 0. The van der Waals surface area contributed by atoms with Crippen molar-refractivity contribution in [2.75, 3.05) is 10.6 Å². The number of halogens is 1. The summed E-state index contributed by atoms with van der Waals surface area (Å²) in [7, 11) is 0. The molecule has 0 amide bonds. The second kappa shape index (κ2) is 6.97. The lowest BCUT2D eigenvalue weighted by Gasteiger charge is -2.14. The van der Waals surface area contributed by atoms with E-state index in [1.165, 1.54) is 31.2 Å². The topological polar surface area (TPSA) is 49.8 Å². The van der Waals surface area contributed by atoms with Crippen molar-refractivity contribution < 1.29 is 0 Å². The fraction of sp³-hybridized carbons (Fsp3) is 0.412. The van der Waals surface area contributed by atoms with Crippen LogP contribution in [0, 0.1) is 6.92 Å². The summed E-state index contributed by atoms with van der Waals surface area (Å²) in [6.07, 6.45) is 5.02. The smallest absolute Gasteiger partial charge is 0.225 e. The zero-order valence-corrected chi connectivity index (χ0v) is 13.5. The van der Waals surface area contributed by atoms with Crippen molar-refractivity contribution in [1.29, 1.82) is 0 Å². The minimum atomic E-state index is 0.519. The van der Waals surface area contributed by atoms with Crippen molar-refractivity contribution in [2.24, 2.45) is 0 Å². The number of aromatic nitrogens is 2. The van der Waals surface area contributed by atoms with Crippen LogP contribution in [-0.2, 0) is 6.54 Å². The number of benzene rings is 1. The molecule has 22 heavy (non-hydrogen) atoms. The van der Waals surface area contributed by atoms with E-state index < -0.39 is 0 Å². The van der Waals surface area contributed by atoms with Crippen LogP contribution >= 0.6 is 11.6 Å². The fourth-order valence-corrected chi connectivity index (χ4v) is 2.90. The molecule has 5 heteroatoms. The van der Waals surface area contributed by atoms with E-state index in [9.17, 15) is 0 Å². The van der Waals surface area contributed by atoms with E-state index in [4.69, 9.17) is 11.6 Å². The lowest BCUT2D eigenvalue weighted by Crippen LogP contribution is -2.17. The molecule has 0 atom stereocenters. The number of aryl methyl sites for hydroxylation is 1. The molecule has 1 aliphatic carbocycles. The Morgan fingerprint density at radius 3 is 2.59 bits per heavy atom. The first-order chi connectivity index (χ1) is 10.7. The Balaban J connectivity index is 1.65. The van der Waals surface area contributed by atoms with Crippen molar-refractivity contribution in [3.63, 3.8) is 0 Å². The van der Waals surface area contributed by atoms with Gasteiger partial charge in [0.1, 0.15) is 5.82 Å². The normalized spacial score (nSPS) is 15.0. The van der Waals surface area contributed by atoms with Crippen molar-refractivity contribution in [2.45, 2.75) is 45.2 Å². The minimum Gasteiger partial charge on any atom is -0.366 e. The molecular formula is C17H21ClN4. The molecule has 116 valence electrons. The number of nitrogens with one attached hydrogen (secondary N) is 2. The second-order valence-electron chi connectivity index (χ2n) is 5.82. The highest BCUT2D eigenvalue weighted by atomic mass is 35.5. The summed E-state index contributed by atoms with van der Waals surface area (Å²) in [6.45, 7) is 2.71. The van der Waals surface area contributed by atoms with Crippen molar-refractivity contribution >= 4 is 23.4 Å². The summed E-state index contributed by atoms with van der Waals surface area (Å²) in [5.41, 5.74) is 2.14. The highest BCUT2D eigenvalue weighted by Crippen LogP contribution is 2.21. The molecule has 0 unspecified atom stereocenters. The third-order valence-electron chi connectivity index (χ3n) is 3.93. The SMILES string of the molecule is Cc1cc(NCc2ccc(Cl)cc2)nc(NC2CCCC2)n1.